The Morgan fingerprint density at radius 1 is 1.40 bits per heavy atom. The van der Waals surface area contributed by atoms with E-state index >= 15 is 0 Å². The number of likely N-dealkylation sites (tertiary alicyclic amines) is 1. The van der Waals surface area contributed by atoms with Crippen molar-refractivity contribution in [3.63, 3.8) is 0 Å². The Morgan fingerprint density at radius 2 is 2.10 bits per heavy atom. The Labute approximate surface area is 123 Å². The number of hydrogen-bond donors (Lipinski definition) is 1. The standard InChI is InChI=1S/C16H30N2O2/c1-12-10-13(2)18(11-12)9-5-8-16(3,15(19)20-4)17-14-6-7-14/h12-14,17H,5-11H2,1-4H3. The first kappa shape index (κ1) is 15.8. The first-order valence-electron chi connectivity index (χ1n) is 8.05. The van der Waals surface area contributed by atoms with Crippen LogP contribution >= 0.6 is 0 Å². The van der Waals surface area contributed by atoms with Gasteiger partial charge in [0.25, 0.3) is 0 Å². The molecule has 4 heteroatoms. The zero-order valence-electron chi connectivity index (χ0n) is 13.4. The summed E-state index contributed by atoms with van der Waals surface area (Å²) >= 11 is 0. The third kappa shape index (κ3) is 3.95. The number of ether oxygens (including phenoxy) is 1. The molecule has 0 radical (unpaired) electrons. The topological polar surface area (TPSA) is 41.6 Å². The highest BCUT2D eigenvalue weighted by atomic mass is 16.5. The minimum atomic E-state index is -0.509. The molecule has 1 aliphatic heterocycles. The summed E-state index contributed by atoms with van der Waals surface area (Å²) in [5, 5.41) is 3.47. The lowest BCUT2D eigenvalue weighted by Crippen LogP contribution is -2.51. The highest BCUT2D eigenvalue weighted by molar-refractivity contribution is 5.80. The molecular weight excluding hydrogens is 252 g/mol. The summed E-state index contributed by atoms with van der Waals surface area (Å²) in [6.07, 6.45) is 5.57. The van der Waals surface area contributed by atoms with Crippen LogP contribution in [0.25, 0.3) is 0 Å². The number of nitrogens with zero attached hydrogens (tertiary/aromatic N) is 1. The highest BCUT2D eigenvalue weighted by Crippen LogP contribution is 2.27. The molecule has 1 heterocycles. The number of esters is 1. The fourth-order valence-electron chi connectivity index (χ4n) is 3.47. The number of carbonyl (C=O) groups is 1. The zero-order valence-corrected chi connectivity index (χ0v) is 13.4. The molecule has 0 bridgehead atoms. The van der Waals surface area contributed by atoms with Crippen LogP contribution in [0.4, 0.5) is 0 Å². The Hall–Kier alpha value is -0.610. The van der Waals surface area contributed by atoms with Crippen LogP contribution in [0.2, 0.25) is 0 Å². The summed E-state index contributed by atoms with van der Waals surface area (Å²) in [5.74, 6) is 0.689. The van der Waals surface area contributed by atoms with Gasteiger partial charge in [-0.3, -0.25) is 10.1 Å². The molecule has 20 heavy (non-hydrogen) atoms. The molecule has 4 nitrogen and oxygen atoms in total. The number of methoxy groups -OCH3 is 1. The summed E-state index contributed by atoms with van der Waals surface area (Å²) < 4.78 is 4.99. The molecule has 2 aliphatic rings. The van der Waals surface area contributed by atoms with Crippen LogP contribution in [0.1, 0.15) is 52.9 Å². The molecule has 0 spiro atoms. The summed E-state index contributed by atoms with van der Waals surface area (Å²) in [4.78, 5) is 14.6. The molecule has 0 amide bonds. The third-order valence-electron chi connectivity index (χ3n) is 4.77. The van der Waals surface area contributed by atoms with Crippen molar-refractivity contribution in [2.45, 2.75) is 70.5 Å². The van der Waals surface area contributed by atoms with Crippen LogP contribution in [-0.4, -0.2) is 48.7 Å². The van der Waals surface area contributed by atoms with Crippen LogP contribution in [0, 0.1) is 5.92 Å². The van der Waals surface area contributed by atoms with Crippen LogP contribution in [0.3, 0.4) is 0 Å². The average molecular weight is 282 g/mol. The van der Waals surface area contributed by atoms with Gasteiger partial charge in [0.1, 0.15) is 5.54 Å². The van der Waals surface area contributed by atoms with E-state index in [-0.39, 0.29) is 5.97 Å². The van der Waals surface area contributed by atoms with Crippen molar-refractivity contribution in [1.29, 1.82) is 0 Å². The van der Waals surface area contributed by atoms with E-state index in [9.17, 15) is 4.79 Å². The van der Waals surface area contributed by atoms with Gasteiger partial charge >= 0.3 is 5.97 Å². The van der Waals surface area contributed by atoms with Crippen molar-refractivity contribution in [3.05, 3.63) is 0 Å². The Bertz CT molecular complexity index is 343. The van der Waals surface area contributed by atoms with Gasteiger partial charge in [-0.1, -0.05) is 6.92 Å². The second kappa shape index (κ2) is 6.44. The molecule has 1 saturated carbocycles. The van der Waals surface area contributed by atoms with E-state index in [2.05, 4.69) is 24.1 Å². The summed E-state index contributed by atoms with van der Waals surface area (Å²) in [6, 6.07) is 1.20. The van der Waals surface area contributed by atoms with Crippen LogP contribution < -0.4 is 5.32 Å². The molecule has 0 aromatic carbocycles. The van der Waals surface area contributed by atoms with Gasteiger partial charge in [0.05, 0.1) is 7.11 Å². The highest BCUT2D eigenvalue weighted by Gasteiger charge is 2.39. The lowest BCUT2D eigenvalue weighted by molar-refractivity contribution is -0.148. The van der Waals surface area contributed by atoms with E-state index in [1.807, 2.05) is 6.92 Å². The molecule has 0 aromatic heterocycles. The number of hydrogen-bond acceptors (Lipinski definition) is 4. The molecule has 2 fully saturated rings. The minimum absolute atomic E-state index is 0.118. The van der Waals surface area contributed by atoms with E-state index in [1.165, 1.54) is 32.9 Å². The maximum Gasteiger partial charge on any atom is 0.325 e. The Morgan fingerprint density at radius 3 is 2.60 bits per heavy atom. The van der Waals surface area contributed by atoms with Gasteiger partial charge < -0.3 is 9.64 Å². The maximum absolute atomic E-state index is 12.0. The van der Waals surface area contributed by atoms with E-state index in [4.69, 9.17) is 4.74 Å². The summed E-state index contributed by atoms with van der Waals surface area (Å²) in [7, 11) is 1.49. The average Bonchev–Trinajstić information content (AvgIpc) is 3.14. The van der Waals surface area contributed by atoms with Gasteiger partial charge in [-0.15, -0.1) is 0 Å². The zero-order chi connectivity index (χ0) is 14.8. The second-order valence-corrected chi connectivity index (χ2v) is 7.03. The first-order chi connectivity index (χ1) is 9.44. The summed E-state index contributed by atoms with van der Waals surface area (Å²) in [6.45, 7) is 8.92. The smallest absolute Gasteiger partial charge is 0.325 e. The largest absolute Gasteiger partial charge is 0.468 e. The van der Waals surface area contributed by atoms with Gasteiger partial charge in [-0.05, 0) is 58.4 Å². The normalized spacial score (nSPS) is 30.2. The van der Waals surface area contributed by atoms with Crippen LogP contribution in [-0.2, 0) is 9.53 Å². The first-order valence-corrected chi connectivity index (χ1v) is 8.05. The van der Waals surface area contributed by atoms with E-state index < -0.39 is 5.54 Å². The van der Waals surface area contributed by atoms with Crippen molar-refractivity contribution in [2.24, 2.45) is 5.92 Å². The van der Waals surface area contributed by atoms with E-state index in [0.717, 1.165) is 25.3 Å². The maximum atomic E-state index is 12.0. The second-order valence-electron chi connectivity index (χ2n) is 7.03. The van der Waals surface area contributed by atoms with E-state index in [1.54, 1.807) is 0 Å². The fourth-order valence-corrected chi connectivity index (χ4v) is 3.47. The molecule has 116 valence electrons. The van der Waals surface area contributed by atoms with Gasteiger partial charge in [0.2, 0.25) is 0 Å². The number of nitrogens with one attached hydrogen (secondary N) is 1. The molecule has 3 atom stereocenters. The predicted octanol–water partition coefficient (Wildman–Crippen LogP) is 2.18. The molecule has 1 aliphatic carbocycles. The van der Waals surface area contributed by atoms with Gasteiger partial charge in [0, 0.05) is 18.6 Å². The van der Waals surface area contributed by atoms with Gasteiger partial charge in [-0.25, -0.2) is 0 Å². The van der Waals surface area contributed by atoms with Crippen LogP contribution in [0.15, 0.2) is 0 Å². The predicted molar refractivity (Wildman–Crippen MR) is 80.6 cm³/mol. The molecule has 2 rings (SSSR count). The molecule has 0 aromatic rings. The Balaban J connectivity index is 1.80. The summed E-state index contributed by atoms with van der Waals surface area (Å²) in [5.41, 5.74) is -0.509. The molecule has 1 saturated heterocycles. The van der Waals surface area contributed by atoms with Crippen molar-refractivity contribution < 1.29 is 9.53 Å². The number of carbonyl (C=O) groups excluding carboxylic acids is 1. The Kier molecular flexibility index (Phi) is 5.08. The molecule has 3 unspecified atom stereocenters. The quantitative estimate of drug-likeness (QED) is 0.727. The van der Waals surface area contributed by atoms with Crippen molar-refractivity contribution in [2.75, 3.05) is 20.2 Å². The minimum Gasteiger partial charge on any atom is -0.468 e. The van der Waals surface area contributed by atoms with Crippen molar-refractivity contribution in [1.82, 2.24) is 10.2 Å². The lowest BCUT2D eigenvalue weighted by atomic mass is 9.95. The van der Waals surface area contributed by atoms with Gasteiger partial charge in [-0.2, -0.15) is 0 Å². The van der Waals surface area contributed by atoms with Crippen LogP contribution in [0.5, 0.6) is 0 Å². The fraction of sp³-hybridized carbons (Fsp3) is 0.938. The molecule has 1 N–H and O–H groups in total. The number of rotatable bonds is 7. The van der Waals surface area contributed by atoms with Crippen molar-refractivity contribution in [3.8, 4) is 0 Å². The third-order valence-corrected chi connectivity index (χ3v) is 4.77. The molecular formula is C16H30N2O2. The SMILES string of the molecule is COC(=O)C(C)(CCCN1CC(C)CC1C)NC1CC1. The van der Waals surface area contributed by atoms with Gasteiger partial charge in [0.15, 0.2) is 0 Å². The monoisotopic (exact) mass is 282 g/mol. The van der Waals surface area contributed by atoms with Crippen molar-refractivity contribution >= 4 is 5.97 Å². The van der Waals surface area contributed by atoms with E-state index in [0.29, 0.717) is 12.1 Å². The lowest BCUT2D eigenvalue weighted by Gasteiger charge is -2.29.